The van der Waals surface area contributed by atoms with Crippen molar-refractivity contribution in [1.82, 2.24) is 14.3 Å². The molecule has 4 nitrogen and oxygen atoms in total. The molecule has 3 heterocycles. The number of benzene rings is 1. The number of amides is 1. The summed E-state index contributed by atoms with van der Waals surface area (Å²) in [6.07, 6.45) is 6.08. The smallest absolute Gasteiger partial charge is 0.253 e. The first-order valence-electron chi connectivity index (χ1n) is 6.98. The fraction of sp³-hybridized carbons (Fsp3) is 0.250. The van der Waals surface area contributed by atoms with Crippen LogP contribution in [0.25, 0.3) is 16.6 Å². The molecule has 0 bridgehead atoms. The van der Waals surface area contributed by atoms with Crippen LogP contribution >= 0.6 is 0 Å². The zero-order valence-electron chi connectivity index (χ0n) is 11.1. The van der Waals surface area contributed by atoms with Crippen molar-refractivity contribution in [2.24, 2.45) is 0 Å². The molecule has 0 unspecified atom stereocenters. The Bertz CT molecular complexity index is 800. The summed E-state index contributed by atoms with van der Waals surface area (Å²) in [5, 5.41) is 0. The van der Waals surface area contributed by atoms with Crippen molar-refractivity contribution < 1.29 is 4.79 Å². The summed E-state index contributed by atoms with van der Waals surface area (Å²) >= 11 is 0. The van der Waals surface area contributed by atoms with Crippen molar-refractivity contribution >= 4 is 22.5 Å². The summed E-state index contributed by atoms with van der Waals surface area (Å²) in [6, 6.07) is 9.81. The van der Waals surface area contributed by atoms with Crippen molar-refractivity contribution in [3.8, 4) is 0 Å². The van der Waals surface area contributed by atoms with E-state index in [0.29, 0.717) is 0 Å². The van der Waals surface area contributed by atoms with E-state index in [1.54, 1.807) is 0 Å². The zero-order valence-corrected chi connectivity index (χ0v) is 11.1. The van der Waals surface area contributed by atoms with Crippen molar-refractivity contribution in [3.63, 3.8) is 0 Å². The Morgan fingerprint density at radius 1 is 1.15 bits per heavy atom. The standard InChI is InChI=1S/C16H15N3O/c20-16(18-7-1-2-8-18)12-5-6-15-14(10-12)17-11-13-4-3-9-19(13)15/h3-6,9-11H,1-2,7-8H2. The van der Waals surface area contributed by atoms with Crippen LogP contribution in [0.1, 0.15) is 23.2 Å². The molecule has 0 atom stereocenters. The number of carbonyl (C=O) groups excluding carboxylic acids is 1. The number of hydrogen-bond acceptors (Lipinski definition) is 2. The van der Waals surface area contributed by atoms with Gasteiger partial charge in [-0.2, -0.15) is 0 Å². The first-order chi connectivity index (χ1) is 9.83. The maximum Gasteiger partial charge on any atom is 0.253 e. The highest BCUT2D eigenvalue weighted by atomic mass is 16.2. The third kappa shape index (κ3) is 1.68. The van der Waals surface area contributed by atoms with Crippen LogP contribution in [0.3, 0.4) is 0 Å². The predicted octanol–water partition coefficient (Wildman–Crippen LogP) is 2.72. The van der Waals surface area contributed by atoms with Crippen molar-refractivity contribution in [1.29, 1.82) is 0 Å². The third-order valence-corrected chi connectivity index (χ3v) is 3.99. The van der Waals surface area contributed by atoms with Crippen LogP contribution in [0.2, 0.25) is 0 Å². The lowest BCUT2D eigenvalue weighted by atomic mass is 10.1. The molecule has 0 N–H and O–H groups in total. The molecule has 100 valence electrons. The van der Waals surface area contributed by atoms with Crippen LogP contribution in [-0.2, 0) is 0 Å². The molecule has 0 saturated carbocycles. The highest BCUT2D eigenvalue weighted by molar-refractivity contribution is 5.97. The number of nitrogens with zero attached hydrogens (tertiary/aromatic N) is 3. The summed E-state index contributed by atoms with van der Waals surface area (Å²) in [4.78, 5) is 18.8. The number of aromatic nitrogens is 2. The van der Waals surface area contributed by atoms with Gasteiger partial charge in [0.1, 0.15) is 0 Å². The normalized spacial score (nSPS) is 15.3. The van der Waals surface area contributed by atoms with Gasteiger partial charge in [0, 0.05) is 24.8 Å². The van der Waals surface area contributed by atoms with Gasteiger partial charge in [-0.05, 0) is 43.2 Å². The number of hydrogen-bond donors (Lipinski definition) is 0. The average molecular weight is 265 g/mol. The molecular formula is C16H15N3O. The Morgan fingerprint density at radius 2 is 2.00 bits per heavy atom. The molecule has 1 fully saturated rings. The van der Waals surface area contributed by atoms with Gasteiger partial charge in [0.2, 0.25) is 0 Å². The molecule has 1 aliphatic rings. The molecule has 1 saturated heterocycles. The summed E-state index contributed by atoms with van der Waals surface area (Å²) in [7, 11) is 0. The predicted molar refractivity (Wildman–Crippen MR) is 77.8 cm³/mol. The van der Waals surface area contributed by atoms with Gasteiger partial charge in [-0.15, -0.1) is 0 Å². The van der Waals surface area contributed by atoms with Gasteiger partial charge in [0.15, 0.2) is 0 Å². The zero-order chi connectivity index (χ0) is 13.5. The first kappa shape index (κ1) is 11.5. The van der Waals surface area contributed by atoms with E-state index >= 15 is 0 Å². The van der Waals surface area contributed by atoms with Gasteiger partial charge >= 0.3 is 0 Å². The van der Waals surface area contributed by atoms with E-state index in [1.165, 1.54) is 0 Å². The lowest BCUT2D eigenvalue weighted by Crippen LogP contribution is -2.27. The number of carbonyl (C=O) groups is 1. The van der Waals surface area contributed by atoms with Crippen molar-refractivity contribution in [3.05, 3.63) is 48.3 Å². The van der Waals surface area contributed by atoms with E-state index in [4.69, 9.17) is 0 Å². The summed E-state index contributed by atoms with van der Waals surface area (Å²) in [5.41, 5.74) is 3.69. The maximum atomic E-state index is 12.4. The molecule has 0 aliphatic carbocycles. The fourth-order valence-corrected chi connectivity index (χ4v) is 2.92. The van der Waals surface area contributed by atoms with Gasteiger partial charge in [0.05, 0.1) is 22.7 Å². The van der Waals surface area contributed by atoms with E-state index in [1.807, 2.05) is 47.6 Å². The minimum Gasteiger partial charge on any atom is -0.339 e. The Kier molecular flexibility index (Phi) is 2.49. The van der Waals surface area contributed by atoms with Crippen LogP contribution < -0.4 is 0 Å². The lowest BCUT2D eigenvalue weighted by molar-refractivity contribution is 0.0793. The maximum absolute atomic E-state index is 12.4. The summed E-state index contributed by atoms with van der Waals surface area (Å²) in [5.74, 6) is 0.124. The van der Waals surface area contributed by atoms with Crippen LogP contribution in [0.15, 0.2) is 42.7 Å². The van der Waals surface area contributed by atoms with Crippen LogP contribution in [0.4, 0.5) is 0 Å². The summed E-state index contributed by atoms with van der Waals surface area (Å²) in [6.45, 7) is 1.75. The average Bonchev–Trinajstić information content (AvgIpc) is 3.16. The van der Waals surface area contributed by atoms with Crippen LogP contribution in [-0.4, -0.2) is 33.3 Å². The molecular weight excluding hydrogens is 250 g/mol. The Hall–Kier alpha value is -2.36. The Morgan fingerprint density at radius 3 is 2.85 bits per heavy atom. The second-order valence-corrected chi connectivity index (χ2v) is 5.26. The minimum absolute atomic E-state index is 0.124. The number of likely N-dealkylation sites (tertiary alicyclic amines) is 1. The highest BCUT2D eigenvalue weighted by Gasteiger charge is 2.19. The molecule has 4 rings (SSSR count). The van der Waals surface area contributed by atoms with Gasteiger partial charge in [-0.25, -0.2) is 0 Å². The minimum atomic E-state index is 0.124. The quantitative estimate of drug-likeness (QED) is 0.678. The SMILES string of the molecule is O=C(c1ccc2c(c1)ncc1cccn12)N1CCCC1. The molecule has 3 aromatic rings. The van der Waals surface area contributed by atoms with E-state index in [9.17, 15) is 4.79 Å². The third-order valence-electron chi connectivity index (χ3n) is 3.99. The van der Waals surface area contributed by atoms with E-state index < -0.39 is 0 Å². The molecule has 2 aromatic heterocycles. The number of fused-ring (bicyclic) bond motifs is 3. The van der Waals surface area contributed by atoms with Crippen LogP contribution in [0, 0.1) is 0 Å². The van der Waals surface area contributed by atoms with Gasteiger partial charge in [-0.3, -0.25) is 9.78 Å². The molecule has 1 aromatic carbocycles. The lowest BCUT2D eigenvalue weighted by Gasteiger charge is -2.15. The van der Waals surface area contributed by atoms with Gasteiger partial charge in [0.25, 0.3) is 5.91 Å². The second-order valence-electron chi connectivity index (χ2n) is 5.26. The van der Waals surface area contributed by atoms with Crippen molar-refractivity contribution in [2.75, 3.05) is 13.1 Å². The van der Waals surface area contributed by atoms with E-state index in [2.05, 4.69) is 9.38 Å². The largest absolute Gasteiger partial charge is 0.339 e. The first-order valence-corrected chi connectivity index (χ1v) is 6.98. The second kappa shape index (κ2) is 4.34. The van der Waals surface area contributed by atoms with Gasteiger partial charge < -0.3 is 9.30 Å². The molecule has 1 amide bonds. The molecule has 20 heavy (non-hydrogen) atoms. The van der Waals surface area contributed by atoms with Gasteiger partial charge in [-0.1, -0.05) is 0 Å². The fourth-order valence-electron chi connectivity index (χ4n) is 2.92. The monoisotopic (exact) mass is 265 g/mol. The Balaban J connectivity index is 1.82. The van der Waals surface area contributed by atoms with E-state index in [-0.39, 0.29) is 5.91 Å². The highest BCUT2D eigenvalue weighted by Crippen LogP contribution is 2.19. The molecule has 0 radical (unpaired) electrons. The molecule has 1 aliphatic heterocycles. The molecule has 4 heteroatoms. The number of rotatable bonds is 1. The van der Waals surface area contributed by atoms with E-state index in [0.717, 1.165) is 48.0 Å². The van der Waals surface area contributed by atoms with Crippen molar-refractivity contribution in [2.45, 2.75) is 12.8 Å². The molecule has 0 spiro atoms. The summed E-state index contributed by atoms with van der Waals surface area (Å²) < 4.78 is 2.09. The topological polar surface area (TPSA) is 37.6 Å². The van der Waals surface area contributed by atoms with Crippen LogP contribution in [0.5, 0.6) is 0 Å². The Labute approximate surface area is 116 Å².